The first-order valence-corrected chi connectivity index (χ1v) is 10.8. The number of hydrazine groups is 1. The summed E-state index contributed by atoms with van der Waals surface area (Å²) >= 11 is 6.19. The number of aromatic amines is 1. The maximum Gasteiger partial charge on any atom is 0.349 e. The molecule has 0 atom stereocenters. The van der Waals surface area contributed by atoms with Crippen molar-refractivity contribution in [1.29, 1.82) is 0 Å². The van der Waals surface area contributed by atoms with Crippen LogP contribution in [0.25, 0.3) is 33.0 Å². The van der Waals surface area contributed by atoms with E-state index in [4.69, 9.17) is 16.0 Å². The number of carbonyl (C=O) groups is 2. The predicted octanol–water partition coefficient (Wildman–Crippen LogP) is 4.98. The molecule has 5 rings (SSSR count). The van der Waals surface area contributed by atoms with Crippen molar-refractivity contribution in [3.63, 3.8) is 0 Å². The van der Waals surface area contributed by atoms with E-state index in [-0.39, 0.29) is 11.3 Å². The van der Waals surface area contributed by atoms with Crippen molar-refractivity contribution in [1.82, 2.24) is 15.8 Å². The number of aryl methyl sites for hydroxylation is 1. The van der Waals surface area contributed by atoms with E-state index in [2.05, 4.69) is 15.8 Å². The minimum Gasteiger partial charge on any atom is -0.422 e. The van der Waals surface area contributed by atoms with Crippen molar-refractivity contribution in [3.8, 4) is 11.1 Å². The Morgan fingerprint density at radius 2 is 1.68 bits per heavy atom. The second-order valence-corrected chi connectivity index (χ2v) is 8.26. The van der Waals surface area contributed by atoms with Crippen molar-refractivity contribution in [2.24, 2.45) is 0 Å². The van der Waals surface area contributed by atoms with Gasteiger partial charge in [-0.2, -0.15) is 0 Å². The molecule has 168 valence electrons. The van der Waals surface area contributed by atoms with E-state index < -0.39 is 17.4 Å². The summed E-state index contributed by atoms with van der Waals surface area (Å²) in [5, 5.41) is 1.90. The lowest BCUT2D eigenvalue weighted by Crippen LogP contribution is -2.43. The van der Waals surface area contributed by atoms with Crippen LogP contribution in [-0.2, 0) is 0 Å². The van der Waals surface area contributed by atoms with E-state index in [1.807, 2.05) is 43.3 Å². The Morgan fingerprint density at radius 1 is 0.912 bits per heavy atom. The van der Waals surface area contributed by atoms with Gasteiger partial charge in [-0.15, -0.1) is 0 Å². The second-order valence-electron chi connectivity index (χ2n) is 7.83. The Labute approximate surface area is 198 Å². The Bertz CT molecular complexity index is 1640. The first kappa shape index (κ1) is 21.5. The Morgan fingerprint density at radius 3 is 2.47 bits per heavy atom. The summed E-state index contributed by atoms with van der Waals surface area (Å²) in [5.74, 6) is -1.37. The number of benzene rings is 3. The number of hydrogen-bond donors (Lipinski definition) is 3. The van der Waals surface area contributed by atoms with E-state index in [1.54, 1.807) is 30.3 Å². The zero-order valence-corrected chi connectivity index (χ0v) is 18.7. The van der Waals surface area contributed by atoms with Gasteiger partial charge >= 0.3 is 5.63 Å². The Balaban J connectivity index is 1.46. The zero-order chi connectivity index (χ0) is 23.8. The number of carbonyl (C=O) groups excluding carboxylic acids is 2. The summed E-state index contributed by atoms with van der Waals surface area (Å²) in [5.41, 5.74) is 7.41. The molecule has 0 unspecified atom stereocenters. The largest absolute Gasteiger partial charge is 0.422 e. The molecular weight excluding hydrogens is 454 g/mol. The summed E-state index contributed by atoms with van der Waals surface area (Å²) < 4.78 is 5.24. The summed E-state index contributed by atoms with van der Waals surface area (Å²) in [6.45, 7) is 1.89. The summed E-state index contributed by atoms with van der Waals surface area (Å²) in [7, 11) is 0. The molecule has 0 radical (unpaired) electrons. The van der Waals surface area contributed by atoms with E-state index in [1.165, 1.54) is 6.07 Å². The maximum atomic E-state index is 13.1. The lowest BCUT2D eigenvalue weighted by molar-refractivity contribution is 0.0842. The van der Waals surface area contributed by atoms with E-state index >= 15 is 0 Å². The van der Waals surface area contributed by atoms with Gasteiger partial charge in [-0.3, -0.25) is 20.4 Å². The molecule has 5 aromatic rings. The second kappa shape index (κ2) is 8.53. The average molecular weight is 472 g/mol. The lowest BCUT2D eigenvalue weighted by Gasteiger charge is -2.09. The van der Waals surface area contributed by atoms with Crippen LogP contribution >= 0.6 is 11.6 Å². The molecule has 8 heteroatoms. The van der Waals surface area contributed by atoms with Gasteiger partial charge in [-0.25, -0.2) is 4.79 Å². The number of H-pyrrole nitrogens is 1. The van der Waals surface area contributed by atoms with Gasteiger partial charge in [-0.05, 0) is 48.9 Å². The van der Waals surface area contributed by atoms with Crippen LogP contribution in [0.5, 0.6) is 0 Å². The van der Waals surface area contributed by atoms with Gasteiger partial charge in [-0.1, -0.05) is 53.6 Å². The average Bonchev–Trinajstić information content (AvgIpc) is 3.21. The van der Waals surface area contributed by atoms with Crippen molar-refractivity contribution in [2.75, 3.05) is 0 Å². The number of nitrogens with one attached hydrogen (secondary N) is 3. The van der Waals surface area contributed by atoms with Crippen LogP contribution in [0, 0.1) is 6.92 Å². The van der Waals surface area contributed by atoms with Crippen molar-refractivity contribution in [2.45, 2.75) is 6.92 Å². The third kappa shape index (κ3) is 3.93. The van der Waals surface area contributed by atoms with Gasteiger partial charge < -0.3 is 9.40 Å². The molecule has 0 bridgehead atoms. The van der Waals surface area contributed by atoms with Crippen LogP contribution in [0.3, 0.4) is 0 Å². The van der Waals surface area contributed by atoms with E-state index in [0.717, 1.165) is 16.5 Å². The SMILES string of the molecule is Cc1ccc2oc(=O)c(C(=O)NNC(=O)c3[nH]c4ccc(Cl)cc4c3-c3ccccc3)cc2c1. The van der Waals surface area contributed by atoms with Gasteiger partial charge in [0.1, 0.15) is 16.8 Å². The Kier molecular flexibility index (Phi) is 5.39. The number of hydrogen-bond acceptors (Lipinski definition) is 4. The summed E-state index contributed by atoms with van der Waals surface area (Å²) in [4.78, 5) is 41.2. The van der Waals surface area contributed by atoms with Crippen LogP contribution in [-0.4, -0.2) is 16.8 Å². The van der Waals surface area contributed by atoms with Crippen LogP contribution in [0.4, 0.5) is 0 Å². The standard InChI is InChI=1S/C26H18ClN3O4/c1-14-7-10-21-16(11-14)12-19(26(33)34-21)24(31)29-30-25(32)23-22(15-5-3-2-4-6-15)18-13-17(27)8-9-20(18)28-23/h2-13,28H,1H3,(H,29,31)(H,30,32). The topological polar surface area (TPSA) is 104 Å². The van der Waals surface area contributed by atoms with Crippen LogP contribution in [0.2, 0.25) is 5.02 Å². The maximum absolute atomic E-state index is 13.1. The molecule has 2 heterocycles. The quantitative estimate of drug-likeness (QED) is 0.255. The number of amides is 2. The van der Waals surface area contributed by atoms with E-state index in [0.29, 0.717) is 27.1 Å². The number of fused-ring (bicyclic) bond motifs is 2. The number of rotatable bonds is 3. The van der Waals surface area contributed by atoms with Gasteiger partial charge in [0.25, 0.3) is 11.8 Å². The molecule has 34 heavy (non-hydrogen) atoms. The summed E-state index contributed by atoms with van der Waals surface area (Å²) in [6.07, 6.45) is 0. The fourth-order valence-corrected chi connectivity index (χ4v) is 4.06. The first-order valence-electron chi connectivity index (χ1n) is 10.4. The fourth-order valence-electron chi connectivity index (χ4n) is 3.88. The highest BCUT2D eigenvalue weighted by Crippen LogP contribution is 2.34. The normalized spacial score (nSPS) is 11.0. The molecule has 0 fully saturated rings. The minimum atomic E-state index is -0.798. The van der Waals surface area contributed by atoms with Crippen molar-refractivity contribution >= 4 is 45.3 Å². The van der Waals surface area contributed by atoms with Crippen molar-refractivity contribution in [3.05, 3.63) is 105 Å². The van der Waals surface area contributed by atoms with E-state index in [9.17, 15) is 14.4 Å². The number of aromatic nitrogens is 1. The first-order chi connectivity index (χ1) is 16.4. The van der Waals surface area contributed by atoms with Gasteiger partial charge in [0.2, 0.25) is 0 Å². The molecule has 3 aromatic carbocycles. The molecule has 0 spiro atoms. The molecule has 0 aliphatic heterocycles. The molecule has 3 N–H and O–H groups in total. The molecule has 7 nitrogen and oxygen atoms in total. The van der Waals surface area contributed by atoms with Gasteiger partial charge in [0, 0.05) is 26.9 Å². The Hall–Kier alpha value is -4.36. The van der Waals surface area contributed by atoms with Crippen LogP contribution < -0.4 is 16.5 Å². The monoisotopic (exact) mass is 471 g/mol. The smallest absolute Gasteiger partial charge is 0.349 e. The third-order valence-electron chi connectivity index (χ3n) is 5.47. The third-order valence-corrected chi connectivity index (χ3v) is 5.71. The highest BCUT2D eigenvalue weighted by atomic mass is 35.5. The lowest BCUT2D eigenvalue weighted by atomic mass is 10.0. The van der Waals surface area contributed by atoms with Gasteiger partial charge in [0.05, 0.1) is 0 Å². The molecule has 0 saturated heterocycles. The number of halogens is 1. The van der Waals surface area contributed by atoms with Crippen molar-refractivity contribution < 1.29 is 14.0 Å². The van der Waals surface area contributed by atoms with Gasteiger partial charge in [0.15, 0.2) is 0 Å². The summed E-state index contributed by atoms with van der Waals surface area (Å²) in [6, 6.07) is 21.3. The molecule has 0 saturated carbocycles. The molecular formula is C26H18ClN3O4. The molecule has 0 aliphatic carbocycles. The highest BCUT2D eigenvalue weighted by Gasteiger charge is 2.21. The fraction of sp³-hybridized carbons (Fsp3) is 0.0385. The highest BCUT2D eigenvalue weighted by molar-refractivity contribution is 6.31. The molecule has 0 aliphatic rings. The van der Waals surface area contributed by atoms with Crippen LogP contribution in [0.1, 0.15) is 26.4 Å². The zero-order valence-electron chi connectivity index (χ0n) is 17.9. The predicted molar refractivity (Wildman–Crippen MR) is 131 cm³/mol. The van der Waals surface area contributed by atoms with Crippen LogP contribution in [0.15, 0.2) is 82.0 Å². The minimum absolute atomic E-state index is 0.217. The molecule has 2 aromatic heterocycles. The molecule has 2 amide bonds.